The molecule has 0 aliphatic carbocycles. The molecule has 3 rings (SSSR count). The summed E-state index contributed by atoms with van der Waals surface area (Å²) in [5, 5.41) is 20.2. The largest absolute Gasteiger partial charge is 0.480 e. The van der Waals surface area contributed by atoms with Crippen molar-refractivity contribution >= 4 is 24.9 Å². The Kier molecular flexibility index (Phi) is 7.04. The van der Waals surface area contributed by atoms with E-state index in [1.54, 1.807) is 44.2 Å². The van der Waals surface area contributed by atoms with Crippen LogP contribution in [0.5, 0.6) is 0 Å². The molecule has 0 amide bonds. The van der Waals surface area contributed by atoms with Gasteiger partial charge in [0.1, 0.15) is 11.4 Å². The van der Waals surface area contributed by atoms with Gasteiger partial charge in [-0.05, 0) is 36.2 Å². The Morgan fingerprint density at radius 2 is 1.88 bits per heavy atom. The predicted molar refractivity (Wildman–Crippen MR) is 125 cm³/mol. The number of halogens is 1. The van der Waals surface area contributed by atoms with Crippen LogP contribution in [0.4, 0.5) is 4.39 Å². The Bertz CT molecular complexity index is 1280. The molecule has 0 bridgehead atoms. The maximum absolute atomic E-state index is 13.9. The monoisotopic (exact) mass is 469 g/mol. The molecule has 1 aromatic heterocycles. The van der Waals surface area contributed by atoms with Gasteiger partial charge in [-0.1, -0.05) is 62.1 Å². The molecule has 6 nitrogen and oxygen atoms in total. The first-order valence-electron chi connectivity index (χ1n) is 10.3. The number of aliphatic hydroxyl groups is 1. The third-order valence-corrected chi connectivity index (χ3v) is 6.91. The van der Waals surface area contributed by atoms with Crippen LogP contribution in [0, 0.1) is 30.5 Å². The van der Waals surface area contributed by atoms with E-state index in [9.17, 15) is 28.9 Å². The third kappa shape index (κ3) is 4.56. The summed E-state index contributed by atoms with van der Waals surface area (Å²) >= 11 is 0. The van der Waals surface area contributed by atoms with Crippen molar-refractivity contribution in [3.8, 4) is 11.8 Å². The minimum Gasteiger partial charge on any atom is -0.480 e. The summed E-state index contributed by atoms with van der Waals surface area (Å²) < 4.78 is 26.6. The van der Waals surface area contributed by atoms with Crippen LogP contribution < -0.4 is 0 Å². The predicted octanol–water partition coefficient (Wildman–Crippen LogP) is 4.06. The summed E-state index contributed by atoms with van der Waals surface area (Å²) in [6, 6.07) is 14.2. The molecule has 0 radical (unpaired) electrons. The molecule has 0 saturated carbocycles. The summed E-state index contributed by atoms with van der Waals surface area (Å²) in [5.41, 5.74) is -1.49. The summed E-state index contributed by atoms with van der Waals surface area (Å²) in [7, 11) is -4.01. The van der Waals surface area contributed by atoms with E-state index >= 15 is 0 Å². The van der Waals surface area contributed by atoms with Gasteiger partial charge in [0.2, 0.25) is 13.2 Å². The first-order chi connectivity index (χ1) is 15.5. The molecule has 0 aliphatic heterocycles. The Labute approximate surface area is 192 Å². The SMILES string of the molecule is Cc1cc(CC(O)(c2ccc3ccccc3n2)C(C#CC(C)C)(C(=O)O)[PH](=O)O)ccc1F. The number of aliphatic carboxylic acids is 1. The number of rotatable bonds is 6. The van der Waals surface area contributed by atoms with Crippen LogP contribution in [-0.2, 0) is 21.4 Å². The minimum atomic E-state index is -4.01. The van der Waals surface area contributed by atoms with E-state index in [0.717, 1.165) is 5.39 Å². The van der Waals surface area contributed by atoms with Crippen molar-refractivity contribution in [2.75, 3.05) is 0 Å². The molecule has 0 saturated heterocycles. The summed E-state index contributed by atoms with van der Waals surface area (Å²) in [6.07, 6.45) is -0.421. The number of carbonyl (C=O) groups is 1. The Balaban J connectivity index is 2.36. The van der Waals surface area contributed by atoms with Crippen molar-refractivity contribution in [3.05, 3.63) is 77.2 Å². The first kappa shape index (κ1) is 24.6. The lowest BCUT2D eigenvalue weighted by atomic mass is 9.78. The molecule has 3 N–H and O–H groups in total. The molecule has 172 valence electrons. The average molecular weight is 469 g/mol. The molecular weight excluding hydrogens is 444 g/mol. The second-order valence-corrected chi connectivity index (χ2v) is 9.65. The van der Waals surface area contributed by atoms with Crippen LogP contribution in [0.2, 0.25) is 0 Å². The lowest BCUT2D eigenvalue weighted by Gasteiger charge is -2.39. The van der Waals surface area contributed by atoms with E-state index in [-0.39, 0.29) is 17.2 Å². The van der Waals surface area contributed by atoms with E-state index in [1.807, 2.05) is 0 Å². The number of pyridine rings is 1. The molecule has 3 aromatic rings. The van der Waals surface area contributed by atoms with E-state index in [0.29, 0.717) is 11.1 Å². The van der Waals surface area contributed by atoms with Crippen molar-refractivity contribution in [1.29, 1.82) is 0 Å². The fourth-order valence-corrected chi connectivity index (χ4v) is 4.66. The lowest BCUT2D eigenvalue weighted by Crippen LogP contribution is -2.55. The van der Waals surface area contributed by atoms with Crippen LogP contribution in [-0.4, -0.2) is 31.2 Å². The number of benzene rings is 2. The maximum atomic E-state index is 13.9. The van der Waals surface area contributed by atoms with Gasteiger partial charge < -0.3 is 15.1 Å². The van der Waals surface area contributed by atoms with Crippen LogP contribution in [0.3, 0.4) is 0 Å². The van der Waals surface area contributed by atoms with Gasteiger partial charge in [-0.25, -0.2) is 14.2 Å². The van der Waals surface area contributed by atoms with Crippen LogP contribution in [0.1, 0.15) is 30.7 Å². The summed E-state index contributed by atoms with van der Waals surface area (Å²) in [5.74, 6) is 2.56. The molecular formula is C25H25FNO5P. The molecule has 0 spiro atoms. The van der Waals surface area contributed by atoms with Crippen molar-refractivity contribution in [3.63, 3.8) is 0 Å². The standard InChI is InChI=1S/C25H25FNO5P/c1-16(2)12-13-25(23(28)29,33(31)32)24(30,15-18-8-10-20(26)17(3)14-18)22-11-9-19-6-4-5-7-21(19)27-22/h4-11,14,16,30,33H,15H2,1-3H3,(H,28,29)(H,31,32). The van der Waals surface area contributed by atoms with Gasteiger partial charge in [0.25, 0.3) is 0 Å². The summed E-state index contributed by atoms with van der Waals surface area (Å²) in [4.78, 5) is 27.4. The third-order valence-electron chi connectivity index (χ3n) is 5.51. The number of carboxylic acids is 1. The fraction of sp³-hybridized carbons (Fsp3) is 0.280. The number of carboxylic acid groups (broad SMARTS) is 1. The molecule has 1 heterocycles. The van der Waals surface area contributed by atoms with Gasteiger partial charge >= 0.3 is 5.97 Å². The normalized spacial score (nSPS) is 15.8. The average Bonchev–Trinajstić information content (AvgIpc) is 2.75. The molecule has 3 atom stereocenters. The zero-order chi connectivity index (χ0) is 24.4. The zero-order valence-corrected chi connectivity index (χ0v) is 19.5. The molecule has 3 unspecified atom stereocenters. The summed E-state index contributed by atoms with van der Waals surface area (Å²) in [6.45, 7) is 4.93. The number of hydrogen-bond donors (Lipinski definition) is 3. The van der Waals surface area contributed by atoms with Crippen LogP contribution in [0.25, 0.3) is 10.9 Å². The lowest BCUT2D eigenvalue weighted by molar-refractivity contribution is -0.146. The second-order valence-electron chi connectivity index (χ2n) is 8.29. The minimum absolute atomic E-state index is 0.115. The van der Waals surface area contributed by atoms with Crippen molar-refractivity contribution in [1.82, 2.24) is 4.98 Å². The highest BCUT2D eigenvalue weighted by Gasteiger charge is 2.61. The van der Waals surface area contributed by atoms with Gasteiger partial charge in [0.05, 0.1) is 11.2 Å². The Morgan fingerprint density at radius 1 is 1.18 bits per heavy atom. The smallest absolute Gasteiger partial charge is 0.335 e. The Hall–Kier alpha value is -3.04. The molecule has 0 fully saturated rings. The number of fused-ring (bicyclic) bond motifs is 1. The number of hydrogen-bond acceptors (Lipinski definition) is 4. The van der Waals surface area contributed by atoms with E-state index in [2.05, 4.69) is 16.8 Å². The van der Waals surface area contributed by atoms with Crippen molar-refractivity contribution < 1.29 is 28.9 Å². The molecule has 2 aromatic carbocycles. The molecule has 0 aliphatic rings. The maximum Gasteiger partial charge on any atom is 0.335 e. The van der Waals surface area contributed by atoms with Crippen LogP contribution in [0.15, 0.2) is 54.6 Å². The van der Waals surface area contributed by atoms with Gasteiger partial charge in [-0.3, -0.25) is 4.57 Å². The van der Waals surface area contributed by atoms with Gasteiger partial charge in [0, 0.05) is 17.7 Å². The number of nitrogens with zero attached hydrogens (tertiary/aromatic N) is 1. The quantitative estimate of drug-likeness (QED) is 0.371. The van der Waals surface area contributed by atoms with Gasteiger partial charge in [0.15, 0.2) is 0 Å². The number of para-hydroxylation sites is 1. The molecule has 8 heteroatoms. The topological polar surface area (TPSA) is 108 Å². The highest BCUT2D eigenvalue weighted by Crippen LogP contribution is 2.50. The number of aryl methyl sites for hydroxylation is 1. The first-order valence-corrected chi connectivity index (χ1v) is 11.7. The van der Waals surface area contributed by atoms with Crippen molar-refractivity contribution in [2.24, 2.45) is 5.92 Å². The van der Waals surface area contributed by atoms with Crippen LogP contribution >= 0.6 is 8.03 Å². The second kappa shape index (κ2) is 9.44. The zero-order valence-electron chi connectivity index (χ0n) is 18.5. The van der Waals surface area contributed by atoms with Gasteiger partial charge in [-0.15, -0.1) is 0 Å². The highest BCUT2D eigenvalue weighted by atomic mass is 31.1. The Morgan fingerprint density at radius 3 is 2.48 bits per heavy atom. The number of aromatic nitrogens is 1. The van der Waals surface area contributed by atoms with Gasteiger partial charge in [-0.2, -0.15) is 0 Å². The van der Waals surface area contributed by atoms with E-state index < -0.39 is 37.0 Å². The fourth-order valence-electron chi connectivity index (χ4n) is 3.73. The molecule has 33 heavy (non-hydrogen) atoms. The van der Waals surface area contributed by atoms with E-state index in [1.165, 1.54) is 31.2 Å². The van der Waals surface area contributed by atoms with E-state index in [4.69, 9.17) is 0 Å². The highest BCUT2D eigenvalue weighted by molar-refractivity contribution is 7.42. The van der Waals surface area contributed by atoms with Crippen molar-refractivity contribution in [2.45, 2.75) is 37.9 Å².